The van der Waals surface area contributed by atoms with Crippen LogP contribution >= 0.6 is 0 Å². The summed E-state index contributed by atoms with van der Waals surface area (Å²) in [6, 6.07) is 53.9. The van der Waals surface area contributed by atoms with E-state index in [0.717, 1.165) is 60.9 Å². The summed E-state index contributed by atoms with van der Waals surface area (Å²) in [7, 11) is 0. The van der Waals surface area contributed by atoms with E-state index < -0.39 is 0 Å². The lowest BCUT2D eigenvalue weighted by molar-refractivity contribution is 0.662. The second-order valence-electron chi connectivity index (χ2n) is 13.3. The quantitative estimate of drug-likeness (QED) is 0.197. The summed E-state index contributed by atoms with van der Waals surface area (Å²) in [5.74, 6) is 0. The number of hydrogen-bond acceptors (Lipinski definition) is 3. The SMILES string of the molecule is CC1(C)c2ccccc2-c2ccc(N(c3cccc4oc5ccccc5c34)c3cccc4oc5ccccc5c34)c(-c3ccccc3)c21. The van der Waals surface area contributed by atoms with Crippen LogP contribution in [0.5, 0.6) is 0 Å². The molecule has 228 valence electrons. The van der Waals surface area contributed by atoms with E-state index in [1.165, 1.54) is 33.4 Å². The van der Waals surface area contributed by atoms with E-state index in [2.05, 4.69) is 158 Å². The Bertz CT molecular complexity index is 2600. The first-order chi connectivity index (χ1) is 23.6. The lowest BCUT2D eigenvalue weighted by atomic mass is 9.78. The van der Waals surface area contributed by atoms with Crippen molar-refractivity contribution < 1.29 is 8.83 Å². The minimum atomic E-state index is -0.221. The largest absolute Gasteiger partial charge is 0.456 e. The Kier molecular flexibility index (Phi) is 5.63. The average molecular weight is 618 g/mol. The van der Waals surface area contributed by atoms with Crippen LogP contribution in [0.15, 0.2) is 160 Å². The second kappa shape index (κ2) is 9.97. The molecule has 0 N–H and O–H groups in total. The van der Waals surface area contributed by atoms with Crippen LogP contribution in [0.1, 0.15) is 25.0 Å². The second-order valence-corrected chi connectivity index (χ2v) is 13.3. The number of furan rings is 2. The molecule has 10 rings (SSSR count). The van der Waals surface area contributed by atoms with Crippen molar-refractivity contribution in [3.05, 3.63) is 163 Å². The highest BCUT2D eigenvalue weighted by Gasteiger charge is 2.39. The van der Waals surface area contributed by atoms with Gasteiger partial charge in [0.15, 0.2) is 0 Å². The molecule has 0 amide bonds. The zero-order valence-electron chi connectivity index (χ0n) is 26.7. The number of hydrogen-bond donors (Lipinski definition) is 0. The van der Waals surface area contributed by atoms with Crippen LogP contribution < -0.4 is 4.90 Å². The molecular weight excluding hydrogens is 587 g/mol. The van der Waals surface area contributed by atoms with Gasteiger partial charge in [-0.2, -0.15) is 0 Å². The van der Waals surface area contributed by atoms with Crippen molar-refractivity contribution in [3.63, 3.8) is 0 Å². The van der Waals surface area contributed by atoms with Gasteiger partial charge in [0, 0.05) is 21.8 Å². The molecule has 3 heteroatoms. The van der Waals surface area contributed by atoms with Crippen LogP contribution in [0.3, 0.4) is 0 Å². The van der Waals surface area contributed by atoms with Gasteiger partial charge in [0.1, 0.15) is 22.3 Å². The Hall–Kier alpha value is -6.06. The minimum Gasteiger partial charge on any atom is -0.456 e. The molecule has 1 aliphatic rings. The van der Waals surface area contributed by atoms with E-state index in [4.69, 9.17) is 8.83 Å². The van der Waals surface area contributed by atoms with Crippen LogP contribution in [0.25, 0.3) is 66.1 Å². The van der Waals surface area contributed by atoms with Gasteiger partial charge in [-0.15, -0.1) is 0 Å². The van der Waals surface area contributed by atoms with E-state index >= 15 is 0 Å². The molecule has 0 aliphatic heterocycles. The molecular formula is C45H31NO2. The smallest absolute Gasteiger partial charge is 0.137 e. The highest BCUT2D eigenvalue weighted by molar-refractivity contribution is 6.18. The molecule has 0 radical (unpaired) electrons. The van der Waals surface area contributed by atoms with Gasteiger partial charge in [-0.3, -0.25) is 0 Å². The maximum absolute atomic E-state index is 6.48. The fourth-order valence-corrected chi connectivity index (χ4v) is 8.22. The van der Waals surface area contributed by atoms with Crippen molar-refractivity contribution in [1.82, 2.24) is 0 Å². The number of benzene rings is 7. The van der Waals surface area contributed by atoms with Gasteiger partial charge in [-0.05, 0) is 70.3 Å². The van der Waals surface area contributed by atoms with Crippen LogP contribution in [-0.2, 0) is 5.41 Å². The molecule has 0 fully saturated rings. The van der Waals surface area contributed by atoms with E-state index in [-0.39, 0.29) is 5.41 Å². The van der Waals surface area contributed by atoms with Gasteiger partial charge in [-0.1, -0.05) is 123 Å². The van der Waals surface area contributed by atoms with Crippen LogP contribution in [0.2, 0.25) is 0 Å². The molecule has 0 atom stereocenters. The molecule has 3 nitrogen and oxygen atoms in total. The third-order valence-electron chi connectivity index (χ3n) is 10.2. The van der Waals surface area contributed by atoms with E-state index in [9.17, 15) is 0 Å². The van der Waals surface area contributed by atoms with Crippen molar-refractivity contribution in [1.29, 1.82) is 0 Å². The number of rotatable bonds is 4. The Morgan fingerprint density at radius 2 is 0.979 bits per heavy atom. The summed E-state index contributed by atoms with van der Waals surface area (Å²) < 4.78 is 13.0. The minimum absolute atomic E-state index is 0.221. The topological polar surface area (TPSA) is 29.5 Å². The number of para-hydroxylation sites is 2. The average Bonchev–Trinajstić information content (AvgIpc) is 3.77. The summed E-state index contributed by atoms with van der Waals surface area (Å²) in [6.07, 6.45) is 0. The molecule has 0 unspecified atom stereocenters. The van der Waals surface area contributed by atoms with Crippen LogP contribution in [0, 0.1) is 0 Å². The van der Waals surface area contributed by atoms with Crippen molar-refractivity contribution in [3.8, 4) is 22.3 Å². The highest BCUT2D eigenvalue weighted by Crippen LogP contribution is 2.57. The summed E-state index contributed by atoms with van der Waals surface area (Å²) in [5.41, 5.74) is 14.2. The Balaban J connectivity index is 1.39. The molecule has 0 spiro atoms. The van der Waals surface area contributed by atoms with Crippen molar-refractivity contribution in [2.75, 3.05) is 4.90 Å². The predicted octanol–water partition coefficient (Wildman–Crippen LogP) is 12.9. The molecule has 0 saturated carbocycles. The van der Waals surface area contributed by atoms with Gasteiger partial charge < -0.3 is 13.7 Å². The molecule has 2 heterocycles. The fourth-order valence-electron chi connectivity index (χ4n) is 8.22. The lowest BCUT2D eigenvalue weighted by Gasteiger charge is -2.32. The van der Waals surface area contributed by atoms with Crippen LogP contribution in [0.4, 0.5) is 17.1 Å². The van der Waals surface area contributed by atoms with Crippen molar-refractivity contribution in [2.45, 2.75) is 19.3 Å². The maximum Gasteiger partial charge on any atom is 0.137 e. The summed E-state index contributed by atoms with van der Waals surface area (Å²) >= 11 is 0. The number of nitrogens with zero attached hydrogens (tertiary/aromatic N) is 1. The van der Waals surface area contributed by atoms with Crippen molar-refractivity contribution >= 4 is 60.9 Å². The van der Waals surface area contributed by atoms with Gasteiger partial charge in [0.25, 0.3) is 0 Å². The summed E-state index contributed by atoms with van der Waals surface area (Å²) in [4.78, 5) is 2.45. The Labute approximate surface area is 278 Å². The van der Waals surface area contributed by atoms with Gasteiger partial charge in [-0.25, -0.2) is 0 Å². The van der Waals surface area contributed by atoms with Gasteiger partial charge in [0.2, 0.25) is 0 Å². The molecule has 2 aromatic heterocycles. The maximum atomic E-state index is 6.48. The monoisotopic (exact) mass is 617 g/mol. The first-order valence-electron chi connectivity index (χ1n) is 16.5. The zero-order valence-corrected chi connectivity index (χ0v) is 26.7. The number of anilines is 3. The van der Waals surface area contributed by atoms with Gasteiger partial charge >= 0.3 is 0 Å². The predicted molar refractivity (Wildman–Crippen MR) is 199 cm³/mol. The fraction of sp³-hybridized carbons (Fsp3) is 0.0667. The van der Waals surface area contributed by atoms with Gasteiger partial charge in [0.05, 0.1) is 27.8 Å². The summed E-state index contributed by atoms with van der Waals surface area (Å²) in [6.45, 7) is 4.74. The molecule has 0 bridgehead atoms. The van der Waals surface area contributed by atoms with E-state index in [0.29, 0.717) is 0 Å². The third kappa shape index (κ3) is 3.70. The first-order valence-corrected chi connectivity index (χ1v) is 16.5. The number of fused-ring (bicyclic) bond motifs is 9. The Morgan fingerprint density at radius 1 is 0.438 bits per heavy atom. The Morgan fingerprint density at radius 3 is 1.62 bits per heavy atom. The summed E-state index contributed by atoms with van der Waals surface area (Å²) in [5, 5.41) is 4.35. The molecule has 48 heavy (non-hydrogen) atoms. The highest BCUT2D eigenvalue weighted by atomic mass is 16.3. The third-order valence-corrected chi connectivity index (χ3v) is 10.2. The molecule has 0 saturated heterocycles. The van der Waals surface area contributed by atoms with E-state index in [1.807, 2.05) is 12.1 Å². The molecule has 1 aliphatic carbocycles. The van der Waals surface area contributed by atoms with E-state index in [1.54, 1.807) is 0 Å². The normalized spacial score (nSPS) is 13.4. The molecule has 7 aromatic carbocycles. The molecule has 9 aromatic rings. The first kappa shape index (κ1) is 27.1. The zero-order chi connectivity index (χ0) is 32.0. The lowest BCUT2D eigenvalue weighted by Crippen LogP contribution is -2.19. The van der Waals surface area contributed by atoms with Crippen molar-refractivity contribution in [2.24, 2.45) is 0 Å². The van der Waals surface area contributed by atoms with Crippen LogP contribution in [-0.4, -0.2) is 0 Å². The standard InChI is InChI=1S/C45H31NO2/c1-45(2)33-19-9-6-16-29(33)30-26-27-36(41(44(30)45)28-14-4-3-5-15-28)46(34-20-12-24-39-42(34)31-17-7-10-22-37(31)47-39)35-21-13-25-40-43(35)32-18-8-11-23-38(32)48-40/h3-27H,1-2H3.